The first-order valence-electron chi connectivity index (χ1n) is 7.83. The van der Waals surface area contributed by atoms with E-state index in [1.54, 1.807) is 25.3 Å². The Morgan fingerprint density at radius 3 is 2.40 bits per heavy atom. The zero-order valence-electron chi connectivity index (χ0n) is 14.1. The summed E-state index contributed by atoms with van der Waals surface area (Å²) in [6, 6.07) is 13.7. The van der Waals surface area contributed by atoms with Crippen LogP contribution >= 0.6 is 0 Å². The highest BCUT2D eigenvalue weighted by atomic mass is 19.1. The van der Waals surface area contributed by atoms with E-state index in [1.165, 1.54) is 12.1 Å². The van der Waals surface area contributed by atoms with Crippen LogP contribution in [0.3, 0.4) is 0 Å². The first kappa shape index (κ1) is 18.5. The largest absolute Gasteiger partial charge is 0.497 e. The maximum Gasteiger partial charge on any atom is 0.123 e. The molecule has 0 unspecified atom stereocenters. The van der Waals surface area contributed by atoms with Crippen molar-refractivity contribution in [1.29, 1.82) is 0 Å². The van der Waals surface area contributed by atoms with Crippen molar-refractivity contribution >= 4 is 5.84 Å². The summed E-state index contributed by atoms with van der Waals surface area (Å²) in [5.41, 5.74) is 8.33. The summed E-state index contributed by atoms with van der Waals surface area (Å²) < 4.78 is 18.0. The molecule has 0 aliphatic carbocycles. The summed E-state index contributed by atoms with van der Waals surface area (Å²) >= 11 is 0. The molecular weight excluding hydrogens is 321 g/mol. The molecule has 2 aromatic rings. The molecule has 0 fully saturated rings. The van der Waals surface area contributed by atoms with E-state index in [2.05, 4.69) is 10.3 Å². The SMILES string of the molecule is COc1ccc(CN/C(=C\C(N)=NCc2ccc(F)cc2)CO)cc1. The number of halogens is 1. The predicted molar refractivity (Wildman–Crippen MR) is 96.7 cm³/mol. The maximum atomic E-state index is 12.9. The number of hydrogen-bond acceptors (Lipinski definition) is 4. The molecule has 4 N–H and O–H groups in total. The van der Waals surface area contributed by atoms with Crippen LogP contribution in [0.5, 0.6) is 5.75 Å². The fourth-order valence-corrected chi connectivity index (χ4v) is 2.11. The van der Waals surface area contributed by atoms with Crippen LogP contribution in [-0.4, -0.2) is 24.7 Å². The van der Waals surface area contributed by atoms with Crippen LogP contribution in [0.4, 0.5) is 4.39 Å². The molecule has 2 aromatic carbocycles. The van der Waals surface area contributed by atoms with Crippen LogP contribution < -0.4 is 15.8 Å². The van der Waals surface area contributed by atoms with Crippen molar-refractivity contribution in [3.05, 3.63) is 77.2 Å². The number of nitrogens with zero attached hydrogens (tertiary/aromatic N) is 1. The van der Waals surface area contributed by atoms with E-state index in [-0.39, 0.29) is 18.3 Å². The quantitative estimate of drug-likeness (QED) is 0.508. The van der Waals surface area contributed by atoms with Crippen LogP contribution in [0.15, 0.2) is 65.3 Å². The minimum absolute atomic E-state index is 0.178. The standard InChI is InChI=1S/C19H22FN3O2/c1-25-18-8-4-15(5-9-18)11-22-17(13-24)10-19(21)23-12-14-2-6-16(20)7-3-14/h2-10,22,24H,11-13H2,1H3,(H2,21,23)/b17-10-. The average molecular weight is 343 g/mol. The van der Waals surface area contributed by atoms with E-state index in [9.17, 15) is 9.50 Å². The fraction of sp³-hybridized carbons (Fsp3) is 0.211. The summed E-state index contributed by atoms with van der Waals surface area (Å²) in [4.78, 5) is 4.22. The summed E-state index contributed by atoms with van der Waals surface area (Å²) in [5.74, 6) is 0.792. The number of benzene rings is 2. The van der Waals surface area contributed by atoms with Gasteiger partial charge in [0.15, 0.2) is 0 Å². The van der Waals surface area contributed by atoms with Gasteiger partial charge < -0.3 is 20.9 Å². The summed E-state index contributed by atoms with van der Waals surface area (Å²) in [6.45, 7) is 0.713. The summed E-state index contributed by atoms with van der Waals surface area (Å²) in [6.07, 6.45) is 1.59. The molecular formula is C19H22FN3O2. The Morgan fingerprint density at radius 2 is 1.80 bits per heavy atom. The average Bonchev–Trinajstić information content (AvgIpc) is 2.65. The van der Waals surface area contributed by atoms with Crippen molar-refractivity contribution < 1.29 is 14.2 Å². The zero-order valence-corrected chi connectivity index (χ0v) is 14.1. The van der Waals surface area contributed by atoms with E-state index >= 15 is 0 Å². The first-order chi connectivity index (χ1) is 12.1. The third kappa shape index (κ3) is 6.27. The smallest absolute Gasteiger partial charge is 0.123 e. The van der Waals surface area contributed by atoms with Crippen LogP contribution in [-0.2, 0) is 13.1 Å². The van der Waals surface area contributed by atoms with E-state index < -0.39 is 0 Å². The number of nitrogens with two attached hydrogens (primary N) is 1. The second-order valence-corrected chi connectivity index (χ2v) is 5.40. The lowest BCUT2D eigenvalue weighted by Gasteiger charge is -2.09. The van der Waals surface area contributed by atoms with Crippen LogP contribution in [0.1, 0.15) is 11.1 Å². The monoisotopic (exact) mass is 343 g/mol. The minimum atomic E-state index is -0.286. The maximum absolute atomic E-state index is 12.9. The Kier molecular flexibility index (Phi) is 6.98. The van der Waals surface area contributed by atoms with Gasteiger partial charge >= 0.3 is 0 Å². The molecule has 25 heavy (non-hydrogen) atoms. The molecule has 0 aromatic heterocycles. The topological polar surface area (TPSA) is 79.9 Å². The van der Waals surface area contributed by atoms with Crippen LogP contribution in [0, 0.1) is 5.82 Å². The van der Waals surface area contributed by atoms with Crippen molar-refractivity contribution in [3.63, 3.8) is 0 Å². The Labute approximate surface area is 146 Å². The first-order valence-corrected chi connectivity index (χ1v) is 7.83. The van der Waals surface area contributed by atoms with Gasteiger partial charge in [0.05, 0.1) is 20.3 Å². The van der Waals surface area contributed by atoms with Gasteiger partial charge in [-0.15, -0.1) is 0 Å². The molecule has 0 amide bonds. The van der Waals surface area contributed by atoms with E-state index in [1.807, 2.05) is 24.3 Å². The lowest BCUT2D eigenvalue weighted by molar-refractivity contribution is 0.321. The lowest BCUT2D eigenvalue weighted by Crippen LogP contribution is -2.19. The second kappa shape index (κ2) is 9.44. The fourth-order valence-electron chi connectivity index (χ4n) is 2.11. The molecule has 132 valence electrons. The van der Waals surface area contributed by atoms with E-state index in [0.29, 0.717) is 18.8 Å². The number of aliphatic hydroxyl groups excluding tert-OH is 1. The van der Waals surface area contributed by atoms with Crippen molar-refractivity contribution in [1.82, 2.24) is 5.32 Å². The van der Waals surface area contributed by atoms with Gasteiger partial charge in [-0.2, -0.15) is 0 Å². The number of amidine groups is 1. The van der Waals surface area contributed by atoms with Crippen LogP contribution in [0.2, 0.25) is 0 Å². The third-order valence-corrected chi connectivity index (χ3v) is 3.53. The highest BCUT2D eigenvalue weighted by molar-refractivity contribution is 5.91. The summed E-state index contributed by atoms with van der Waals surface area (Å²) in [5, 5.41) is 12.6. The molecule has 0 atom stereocenters. The normalized spacial score (nSPS) is 12.1. The van der Waals surface area contributed by atoms with Gasteiger partial charge in [0.2, 0.25) is 0 Å². The molecule has 0 saturated heterocycles. The third-order valence-electron chi connectivity index (χ3n) is 3.53. The molecule has 0 spiro atoms. The number of hydrogen-bond donors (Lipinski definition) is 3. The zero-order chi connectivity index (χ0) is 18.1. The minimum Gasteiger partial charge on any atom is -0.497 e. The second-order valence-electron chi connectivity index (χ2n) is 5.40. The van der Waals surface area contributed by atoms with Crippen molar-refractivity contribution in [2.45, 2.75) is 13.1 Å². The molecule has 0 heterocycles. The predicted octanol–water partition coefficient (Wildman–Crippen LogP) is 2.36. The Hall–Kier alpha value is -2.86. The van der Waals surface area contributed by atoms with Gasteiger partial charge in [0.1, 0.15) is 17.4 Å². The number of rotatable bonds is 8. The highest BCUT2D eigenvalue weighted by Gasteiger charge is 1.99. The van der Waals surface area contributed by atoms with E-state index in [4.69, 9.17) is 10.5 Å². The molecule has 2 rings (SSSR count). The molecule has 0 bridgehead atoms. The van der Waals surface area contributed by atoms with Crippen LogP contribution in [0.25, 0.3) is 0 Å². The Morgan fingerprint density at radius 1 is 1.16 bits per heavy atom. The van der Waals surface area contributed by atoms with Gasteiger partial charge in [-0.25, -0.2) is 4.39 Å². The number of methoxy groups -OCH3 is 1. The lowest BCUT2D eigenvalue weighted by atomic mass is 10.2. The number of ether oxygens (including phenoxy) is 1. The van der Waals surface area contributed by atoms with Gasteiger partial charge in [0, 0.05) is 18.3 Å². The van der Waals surface area contributed by atoms with Crippen molar-refractivity contribution in [2.75, 3.05) is 13.7 Å². The van der Waals surface area contributed by atoms with Gasteiger partial charge in [-0.05, 0) is 35.4 Å². The Balaban J connectivity index is 1.92. The highest BCUT2D eigenvalue weighted by Crippen LogP contribution is 2.11. The molecule has 0 radical (unpaired) electrons. The van der Waals surface area contributed by atoms with Gasteiger partial charge in [-0.1, -0.05) is 24.3 Å². The molecule has 5 nitrogen and oxygen atoms in total. The molecule has 0 aliphatic rings. The van der Waals surface area contributed by atoms with Crippen molar-refractivity contribution in [3.8, 4) is 5.75 Å². The molecule has 0 saturated carbocycles. The molecule has 0 aliphatic heterocycles. The van der Waals surface area contributed by atoms with Gasteiger partial charge in [-0.3, -0.25) is 4.99 Å². The van der Waals surface area contributed by atoms with Crippen molar-refractivity contribution in [2.24, 2.45) is 10.7 Å². The van der Waals surface area contributed by atoms with Gasteiger partial charge in [0.25, 0.3) is 0 Å². The van der Waals surface area contributed by atoms with E-state index in [0.717, 1.165) is 16.9 Å². The number of nitrogens with one attached hydrogen (secondary N) is 1. The number of aliphatic hydroxyl groups is 1. The summed E-state index contributed by atoms with van der Waals surface area (Å²) in [7, 11) is 1.62. The Bertz CT molecular complexity index is 725. The molecule has 6 heteroatoms. The number of aliphatic imine (C=N–C) groups is 1.